The van der Waals surface area contributed by atoms with E-state index in [1.165, 1.54) is 0 Å². The summed E-state index contributed by atoms with van der Waals surface area (Å²) in [5.41, 5.74) is 0.767. The molecule has 0 saturated carbocycles. The van der Waals surface area contributed by atoms with Gasteiger partial charge in [-0.15, -0.1) is 0 Å². The molecule has 0 unspecified atom stereocenters. The summed E-state index contributed by atoms with van der Waals surface area (Å²) in [5, 5.41) is 11.7. The van der Waals surface area contributed by atoms with E-state index in [1.807, 2.05) is 58.0 Å². The van der Waals surface area contributed by atoms with Gasteiger partial charge in [0, 0.05) is 10.6 Å². The van der Waals surface area contributed by atoms with Gasteiger partial charge in [-0.2, -0.15) is 0 Å². The topological polar surface area (TPSA) is 49.3 Å². The van der Waals surface area contributed by atoms with Crippen molar-refractivity contribution >= 4 is 22.7 Å². The SMILES string of the molecule is CC.CC.O=C(Nc1ccccc1)Sc1ccc(O)cc1. The van der Waals surface area contributed by atoms with E-state index in [2.05, 4.69) is 5.32 Å². The third-order valence-corrected chi connectivity index (χ3v) is 2.86. The van der Waals surface area contributed by atoms with E-state index in [0.29, 0.717) is 0 Å². The zero-order chi connectivity index (χ0) is 16.1. The normalized spacial score (nSPS) is 8.57. The number of anilines is 1. The van der Waals surface area contributed by atoms with Crippen molar-refractivity contribution < 1.29 is 9.90 Å². The number of amides is 1. The van der Waals surface area contributed by atoms with E-state index in [1.54, 1.807) is 24.3 Å². The molecule has 2 rings (SSSR count). The number of phenolic OH excluding ortho intramolecular Hbond substituents is 1. The van der Waals surface area contributed by atoms with Crippen molar-refractivity contribution in [3.05, 3.63) is 54.6 Å². The van der Waals surface area contributed by atoms with Gasteiger partial charge in [-0.25, -0.2) is 0 Å². The Bertz CT molecular complexity index is 498. The fraction of sp³-hybridized carbons (Fsp3) is 0.235. The molecule has 114 valence electrons. The molecule has 0 heterocycles. The standard InChI is InChI=1S/C13H11NO2S.2C2H6/c15-11-6-8-12(9-7-11)17-13(16)14-10-4-2-1-3-5-10;2*1-2/h1-9,15H,(H,14,16);2*1-2H3. The van der Waals surface area contributed by atoms with E-state index in [9.17, 15) is 4.79 Å². The quantitative estimate of drug-likeness (QED) is 0.692. The summed E-state index contributed by atoms with van der Waals surface area (Å²) < 4.78 is 0. The summed E-state index contributed by atoms with van der Waals surface area (Å²) in [6.45, 7) is 8.00. The lowest BCUT2D eigenvalue weighted by atomic mass is 10.3. The summed E-state index contributed by atoms with van der Waals surface area (Å²) in [7, 11) is 0. The molecule has 2 aromatic rings. The zero-order valence-electron chi connectivity index (χ0n) is 13.0. The lowest BCUT2D eigenvalue weighted by molar-refractivity contribution is 0.270. The first-order chi connectivity index (χ1) is 10.2. The number of carbonyl (C=O) groups excluding carboxylic acids is 1. The Balaban J connectivity index is 0.000000921. The van der Waals surface area contributed by atoms with Crippen molar-refractivity contribution in [2.24, 2.45) is 0 Å². The van der Waals surface area contributed by atoms with Crippen LogP contribution in [0.1, 0.15) is 27.7 Å². The second-order valence-corrected chi connectivity index (χ2v) is 4.42. The summed E-state index contributed by atoms with van der Waals surface area (Å²) in [5.74, 6) is 0.192. The summed E-state index contributed by atoms with van der Waals surface area (Å²) in [4.78, 5) is 12.4. The van der Waals surface area contributed by atoms with E-state index < -0.39 is 0 Å². The number of hydrogen-bond donors (Lipinski definition) is 2. The highest BCUT2D eigenvalue weighted by molar-refractivity contribution is 8.13. The molecular weight excluding hydrogens is 282 g/mol. The monoisotopic (exact) mass is 305 g/mol. The highest BCUT2D eigenvalue weighted by atomic mass is 32.2. The van der Waals surface area contributed by atoms with Crippen LogP contribution >= 0.6 is 11.8 Å². The first-order valence-electron chi connectivity index (χ1n) is 7.07. The summed E-state index contributed by atoms with van der Waals surface area (Å²) in [6, 6.07) is 15.8. The van der Waals surface area contributed by atoms with Crippen molar-refractivity contribution in [1.82, 2.24) is 0 Å². The number of benzene rings is 2. The Kier molecular flexibility index (Phi) is 10.8. The Morgan fingerprint density at radius 2 is 1.43 bits per heavy atom. The van der Waals surface area contributed by atoms with Crippen LogP contribution in [0.5, 0.6) is 5.75 Å². The Hall–Kier alpha value is -1.94. The molecule has 0 aromatic heterocycles. The van der Waals surface area contributed by atoms with Crippen LogP contribution in [0, 0.1) is 0 Å². The molecule has 4 heteroatoms. The molecular formula is C17H23NO2S. The molecule has 0 aliphatic carbocycles. The molecule has 2 aromatic carbocycles. The second-order valence-electron chi connectivity index (χ2n) is 3.37. The van der Waals surface area contributed by atoms with Crippen molar-refractivity contribution in [2.75, 3.05) is 5.32 Å². The maximum Gasteiger partial charge on any atom is 0.288 e. The first-order valence-corrected chi connectivity index (χ1v) is 7.88. The highest BCUT2D eigenvalue weighted by Crippen LogP contribution is 2.22. The Labute approximate surface area is 131 Å². The van der Waals surface area contributed by atoms with Gasteiger partial charge in [0.05, 0.1) is 0 Å². The van der Waals surface area contributed by atoms with Crippen molar-refractivity contribution in [1.29, 1.82) is 0 Å². The molecule has 0 fully saturated rings. The lowest BCUT2D eigenvalue weighted by Crippen LogP contribution is -2.03. The molecule has 0 spiro atoms. The average Bonchev–Trinajstić information content (AvgIpc) is 2.54. The highest BCUT2D eigenvalue weighted by Gasteiger charge is 2.04. The number of phenols is 1. The van der Waals surface area contributed by atoms with Gasteiger partial charge in [0.25, 0.3) is 5.24 Å². The van der Waals surface area contributed by atoms with Gasteiger partial charge >= 0.3 is 0 Å². The predicted molar refractivity (Wildman–Crippen MR) is 92.1 cm³/mol. The number of aromatic hydroxyl groups is 1. The van der Waals surface area contributed by atoms with Crippen LogP contribution in [-0.4, -0.2) is 10.3 Å². The molecule has 0 bridgehead atoms. The van der Waals surface area contributed by atoms with Crippen LogP contribution in [0.4, 0.5) is 10.5 Å². The molecule has 0 radical (unpaired) electrons. The molecule has 0 atom stereocenters. The van der Waals surface area contributed by atoms with E-state index >= 15 is 0 Å². The zero-order valence-corrected chi connectivity index (χ0v) is 13.8. The molecule has 0 aliphatic rings. The first kappa shape index (κ1) is 19.1. The number of rotatable bonds is 2. The van der Waals surface area contributed by atoms with Crippen LogP contribution in [-0.2, 0) is 0 Å². The Morgan fingerprint density at radius 1 is 0.905 bits per heavy atom. The van der Waals surface area contributed by atoms with Gasteiger partial charge in [-0.3, -0.25) is 4.79 Å². The summed E-state index contributed by atoms with van der Waals surface area (Å²) in [6.07, 6.45) is 0. The van der Waals surface area contributed by atoms with Crippen LogP contribution in [0.3, 0.4) is 0 Å². The van der Waals surface area contributed by atoms with Gasteiger partial charge in [0.2, 0.25) is 0 Å². The van der Waals surface area contributed by atoms with Gasteiger partial charge in [-0.1, -0.05) is 45.9 Å². The minimum Gasteiger partial charge on any atom is -0.508 e. The van der Waals surface area contributed by atoms with Crippen molar-refractivity contribution in [2.45, 2.75) is 32.6 Å². The number of para-hydroxylation sites is 1. The number of thioether (sulfide) groups is 1. The number of hydrogen-bond acceptors (Lipinski definition) is 3. The maximum absolute atomic E-state index is 11.7. The number of carbonyl (C=O) groups is 1. The predicted octanol–water partition coefficient (Wildman–Crippen LogP) is 5.77. The van der Waals surface area contributed by atoms with Crippen LogP contribution in [0.25, 0.3) is 0 Å². The largest absolute Gasteiger partial charge is 0.508 e. The minimum atomic E-state index is -0.151. The average molecular weight is 305 g/mol. The van der Waals surface area contributed by atoms with E-state index in [-0.39, 0.29) is 11.0 Å². The smallest absolute Gasteiger partial charge is 0.288 e. The number of nitrogens with one attached hydrogen (secondary N) is 1. The third-order valence-electron chi connectivity index (χ3n) is 2.07. The molecule has 0 saturated heterocycles. The van der Waals surface area contributed by atoms with Gasteiger partial charge in [-0.05, 0) is 48.2 Å². The molecule has 3 nitrogen and oxygen atoms in total. The van der Waals surface area contributed by atoms with Gasteiger partial charge < -0.3 is 10.4 Å². The molecule has 21 heavy (non-hydrogen) atoms. The fourth-order valence-electron chi connectivity index (χ4n) is 1.29. The second kappa shape index (κ2) is 11.9. The van der Waals surface area contributed by atoms with Gasteiger partial charge in [0.15, 0.2) is 0 Å². The van der Waals surface area contributed by atoms with E-state index in [4.69, 9.17) is 5.11 Å². The van der Waals surface area contributed by atoms with E-state index in [0.717, 1.165) is 22.3 Å². The van der Waals surface area contributed by atoms with Crippen LogP contribution in [0.2, 0.25) is 0 Å². The molecule has 2 N–H and O–H groups in total. The maximum atomic E-state index is 11.7. The molecule has 0 aliphatic heterocycles. The lowest BCUT2D eigenvalue weighted by Gasteiger charge is -2.04. The van der Waals surface area contributed by atoms with Gasteiger partial charge in [0.1, 0.15) is 5.75 Å². The van der Waals surface area contributed by atoms with Crippen molar-refractivity contribution in [3.8, 4) is 5.75 Å². The third kappa shape index (κ3) is 8.05. The van der Waals surface area contributed by atoms with Crippen molar-refractivity contribution in [3.63, 3.8) is 0 Å². The minimum absolute atomic E-state index is 0.151. The molecule has 1 amide bonds. The van der Waals surface area contributed by atoms with Crippen LogP contribution in [0.15, 0.2) is 59.5 Å². The van der Waals surface area contributed by atoms with Crippen LogP contribution < -0.4 is 5.32 Å². The Morgan fingerprint density at radius 3 is 1.95 bits per heavy atom. The fourth-order valence-corrected chi connectivity index (χ4v) is 1.94. The summed E-state index contributed by atoms with van der Waals surface area (Å²) >= 11 is 1.09.